The smallest absolute Gasteiger partial charge is 0.246 e. The SMILES string of the molecule is CC(C)(C)C(NC(=O)C1COC1)C(=O)N1CC2C3C=CC(C3)C2C1C(=O)NC(C#N)CC1CCNC1=O. The number of fused-ring (bicyclic) bond motifs is 5. The van der Waals surface area contributed by atoms with Gasteiger partial charge in [-0.05, 0) is 48.3 Å². The molecule has 3 saturated heterocycles. The number of nitrogens with one attached hydrogen (secondary N) is 3. The van der Waals surface area contributed by atoms with Crippen LogP contribution >= 0.6 is 0 Å². The van der Waals surface area contributed by atoms with Gasteiger partial charge in [-0.25, -0.2) is 0 Å². The minimum atomic E-state index is -0.816. The van der Waals surface area contributed by atoms with E-state index in [0.29, 0.717) is 38.6 Å². The van der Waals surface area contributed by atoms with Crippen molar-refractivity contribution in [3.63, 3.8) is 0 Å². The molecule has 0 aromatic rings. The molecule has 5 aliphatic rings. The van der Waals surface area contributed by atoms with E-state index in [1.54, 1.807) is 4.90 Å². The first kappa shape index (κ1) is 25.7. The summed E-state index contributed by atoms with van der Waals surface area (Å²) in [4.78, 5) is 54.3. The van der Waals surface area contributed by atoms with Crippen molar-refractivity contribution < 1.29 is 23.9 Å². The molecule has 0 aromatic carbocycles. The quantitative estimate of drug-likeness (QED) is 0.421. The standard InChI is InChI=1S/C27H37N5O5/c1-27(2,3)22(31-24(34)17-12-37-13-17)26(36)32-11-19-14-4-5-15(8-14)20(19)21(32)25(35)30-18(10-28)9-16-6-7-29-23(16)33/h4-5,14-22H,6-9,11-13H2,1-3H3,(H,29,33)(H,30,35)(H,31,34). The van der Waals surface area contributed by atoms with E-state index in [4.69, 9.17) is 4.74 Å². The van der Waals surface area contributed by atoms with E-state index in [0.717, 1.165) is 6.42 Å². The van der Waals surface area contributed by atoms with Crippen molar-refractivity contribution in [3.8, 4) is 6.07 Å². The highest BCUT2D eigenvalue weighted by Crippen LogP contribution is 2.54. The third kappa shape index (κ3) is 4.74. The Morgan fingerprint density at radius 1 is 1.19 bits per heavy atom. The molecule has 3 aliphatic heterocycles. The fraction of sp³-hybridized carbons (Fsp3) is 0.741. The minimum absolute atomic E-state index is 0.0237. The molecular formula is C27H37N5O5. The molecule has 4 fully saturated rings. The van der Waals surface area contributed by atoms with Gasteiger partial charge in [0.1, 0.15) is 18.1 Å². The molecule has 4 amide bonds. The molecule has 2 aliphatic carbocycles. The average Bonchev–Trinajstić information content (AvgIpc) is 3.57. The fourth-order valence-electron chi connectivity index (χ4n) is 6.80. The van der Waals surface area contributed by atoms with Crippen LogP contribution in [0.25, 0.3) is 0 Å². The Labute approximate surface area is 217 Å². The van der Waals surface area contributed by atoms with Gasteiger partial charge in [-0.3, -0.25) is 19.2 Å². The topological polar surface area (TPSA) is 141 Å². The number of carbonyl (C=O) groups excluding carboxylic acids is 4. The van der Waals surface area contributed by atoms with Crippen molar-refractivity contribution in [2.24, 2.45) is 40.9 Å². The van der Waals surface area contributed by atoms with Crippen LogP contribution in [-0.2, 0) is 23.9 Å². The summed E-state index contributed by atoms with van der Waals surface area (Å²) >= 11 is 0. The highest BCUT2D eigenvalue weighted by Gasteiger charge is 2.59. The van der Waals surface area contributed by atoms with Crippen LogP contribution < -0.4 is 16.0 Å². The normalized spacial score (nSPS) is 33.8. The second kappa shape index (κ2) is 9.75. The average molecular weight is 512 g/mol. The number of carbonyl (C=O) groups is 4. The first-order valence-corrected chi connectivity index (χ1v) is 13.4. The summed E-state index contributed by atoms with van der Waals surface area (Å²) in [6, 6.07) is -0.194. The number of hydrogen-bond acceptors (Lipinski definition) is 6. The van der Waals surface area contributed by atoms with Gasteiger partial charge in [0, 0.05) is 19.0 Å². The largest absolute Gasteiger partial charge is 0.380 e. The second-order valence-electron chi connectivity index (χ2n) is 12.4. The monoisotopic (exact) mass is 511 g/mol. The van der Waals surface area contributed by atoms with Gasteiger partial charge in [0.15, 0.2) is 0 Å². The number of nitriles is 1. The van der Waals surface area contributed by atoms with Gasteiger partial charge in [-0.1, -0.05) is 32.9 Å². The molecule has 1 saturated carbocycles. The molecule has 3 N–H and O–H groups in total. The molecule has 3 heterocycles. The molecule has 0 aromatic heterocycles. The van der Waals surface area contributed by atoms with Crippen LogP contribution in [-0.4, -0.2) is 73.0 Å². The fourth-order valence-corrected chi connectivity index (χ4v) is 6.80. The predicted molar refractivity (Wildman–Crippen MR) is 132 cm³/mol. The van der Waals surface area contributed by atoms with Crippen molar-refractivity contribution in [1.82, 2.24) is 20.9 Å². The molecule has 10 heteroatoms. The lowest BCUT2D eigenvalue weighted by atomic mass is 9.81. The summed E-state index contributed by atoms with van der Waals surface area (Å²) in [6.07, 6.45) is 6.22. The maximum Gasteiger partial charge on any atom is 0.246 e. The van der Waals surface area contributed by atoms with E-state index < -0.39 is 23.5 Å². The Morgan fingerprint density at radius 3 is 2.51 bits per heavy atom. The molecule has 2 bridgehead atoms. The number of allylic oxidation sites excluding steroid dienone is 2. The van der Waals surface area contributed by atoms with Gasteiger partial charge in [0.05, 0.1) is 25.2 Å². The maximum absolute atomic E-state index is 14.1. The lowest BCUT2D eigenvalue weighted by Crippen LogP contribution is -2.60. The zero-order valence-electron chi connectivity index (χ0n) is 21.7. The van der Waals surface area contributed by atoms with Gasteiger partial charge in [-0.15, -0.1) is 0 Å². The Hall–Kier alpha value is -2.93. The molecule has 8 atom stereocenters. The Bertz CT molecular complexity index is 1040. The van der Waals surface area contributed by atoms with Crippen LogP contribution in [0.1, 0.15) is 40.0 Å². The van der Waals surface area contributed by atoms with E-state index in [2.05, 4.69) is 34.2 Å². The van der Waals surface area contributed by atoms with E-state index in [1.165, 1.54) is 0 Å². The van der Waals surface area contributed by atoms with Crippen LogP contribution in [0.2, 0.25) is 0 Å². The van der Waals surface area contributed by atoms with Crippen molar-refractivity contribution in [2.45, 2.75) is 58.2 Å². The summed E-state index contributed by atoms with van der Waals surface area (Å²) in [7, 11) is 0. The number of rotatable bonds is 7. The number of ether oxygens (including phenoxy) is 1. The molecule has 5 rings (SSSR count). The zero-order valence-corrected chi connectivity index (χ0v) is 21.7. The number of nitrogens with zero attached hydrogens (tertiary/aromatic N) is 2. The Morgan fingerprint density at radius 2 is 1.92 bits per heavy atom. The molecule has 0 radical (unpaired) electrons. The summed E-state index contributed by atoms with van der Waals surface area (Å²) in [5, 5.41) is 18.3. The summed E-state index contributed by atoms with van der Waals surface area (Å²) in [5.41, 5.74) is -0.571. The summed E-state index contributed by atoms with van der Waals surface area (Å²) in [6.45, 7) is 7.43. The lowest BCUT2D eigenvalue weighted by molar-refractivity contribution is -0.149. The highest BCUT2D eigenvalue weighted by atomic mass is 16.5. The van der Waals surface area contributed by atoms with Gasteiger partial charge < -0.3 is 25.6 Å². The molecule has 200 valence electrons. The number of amides is 4. The Balaban J connectivity index is 1.37. The van der Waals surface area contributed by atoms with E-state index in [-0.39, 0.29) is 59.6 Å². The van der Waals surface area contributed by atoms with Gasteiger partial charge in [0.2, 0.25) is 23.6 Å². The van der Waals surface area contributed by atoms with E-state index >= 15 is 0 Å². The van der Waals surface area contributed by atoms with Crippen molar-refractivity contribution in [2.75, 3.05) is 26.3 Å². The van der Waals surface area contributed by atoms with Gasteiger partial charge >= 0.3 is 0 Å². The predicted octanol–water partition coefficient (Wildman–Crippen LogP) is 0.347. The number of hydrogen-bond donors (Lipinski definition) is 3. The summed E-state index contributed by atoms with van der Waals surface area (Å²) in [5.74, 6) is -0.800. The second-order valence-corrected chi connectivity index (χ2v) is 12.4. The first-order chi connectivity index (χ1) is 17.6. The molecule has 0 spiro atoms. The van der Waals surface area contributed by atoms with E-state index in [1.807, 2.05) is 20.8 Å². The zero-order chi connectivity index (χ0) is 26.5. The maximum atomic E-state index is 14.1. The summed E-state index contributed by atoms with van der Waals surface area (Å²) < 4.78 is 5.15. The molecule has 10 nitrogen and oxygen atoms in total. The first-order valence-electron chi connectivity index (χ1n) is 13.4. The molecule has 37 heavy (non-hydrogen) atoms. The van der Waals surface area contributed by atoms with Crippen LogP contribution in [0.15, 0.2) is 12.2 Å². The van der Waals surface area contributed by atoms with Crippen molar-refractivity contribution >= 4 is 23.6 Å². The van der Waals surface area contributed by atoms with Crippen LogP contribution in [0.4, 0.5) is 0 Å². The van der Waals surface area contributed by atoms with E-state index in [9.17, 15) is 24.4 Å². The Kier molecular flexibility index (Phi) is 6.77. The third-order valence-electron chi connectivity index (χ3n) is 8.91. The molecular weight excluding hydrogens is 474 g/mol. The third-order valence-corrected chi connectivity index (χ3v) is 8.91. The van der Waals surface area contributed by atoms with Crippen LogP contribution in [0.3, 0.4) is 0 Å². The van der Waals surface area contributed by atoms with Gasteiger partial charge in [0.25, 0.3) is 0 Å². The minimum Gasteiger partial charge on any atom is -0.380 e. The van der Waals surface area contributed by atoms with Crippen LogP contribution in [0, 0.1) is 52.3 Å². The lowest BCUT2D eigenvalue weighted by Gasteiger charge is -2.38. The van der Waals surface area contributed by atoms with Gasteiger partial charge in [-0.2, -0.15) is 5.26 Å². The van der Waals surface area contributed by atoms with Crippen LogP contribution in [0.5, 0.6) is 0 Å². The van der Waals surface area contributed by atoms with Crippen molar-refractivity contribution in [3.05, 3.63) is 12.2 Å². The van der Waals surface area contributed by atoms with Crippen molar-refractivity contribution in [1.29, 1.82) is 5.26 Å². The highest BCUT2D eigenvalue weighted by molar-refractivity contribution is 5.94. The number of likely N-dealkylation sites (tertiary alicyclic amines) is 1. The molecule has 8 unspecified atom stereocenters.